The molecule has 6 nitrogen and oxygen atoms in total. The number of urea groups is 1. The van der Waals surface area contributed by atoms with E-state index in [1.165, 1.54) is 14.2 Å². The number of hydrogen-bond donors (Lipinski definition) is 2. The Balaban J connectivity index is 1.96. The maximum atomic E-state index is 12.1. The van der Waals surface area contributed by atoms with Crippen molar-refractivity contribution in [3.05, 3.63) is 65.2 Å². The number of carbonyl (C=O) groups is 2. The highest BCUT2D eigenvalue weighted by Crippen LogP contribution is 2.20. The molecule has 2 rings (SSSR count). The van der Waals surface area contributed by atoms with E-state index in [1.54, 1.807) is 18.2 Å². The number of nitrogens with one attached hydrogen (secondary N) is 2. The van der Waals surface area contributed by atoms with E-state index in [1.807, 2.05) is 37.3 Å². The average molecular weight is 342 g/mol. The molecular formula is C19H22N2O4. The molecule has 0 aromatic heterocycles. The van der Waals surface area contributed by atoms with Gasteiger partial charge in [-0.3, -0.25) is 0 Å². The van der Waals surface area contributed by atoms with E-state index in [4.69, 9.17) is 9.47 Å². The minimum absolute atomic E-state index is 0.109. The van der Waals surface area contributed by atoms with Crippen LogP contribution in [0.5, 0.6) is 5.75 Å². The highest BCUT2D eigenvalue weighted by Gasteiger charge is 2.14. The second kappa shape index (κ2) is 8.73. The van der Waals surface area contributed by atoms with Gasteiger partial charge < -0.3 is 20.1 Å². The largest absolute Gasteiger partial charge is 0.496 e. The van der Waals surface area contributed by atoms with Crippen molar-refractivity contribution in [1.29, 1.82) is 0 Å². The van der Waals surface area contributed by atoms with Crippen LogP contribution in [0.4, 0.5) is 4.79 Å². The lowest BCUT2D eigenvalue weighted by atomic mass is 10.1. The molecule has 0 bridgehead atoms. The van der Waals surface area contributed by atoms with Crippen LogP contribution in [-0.2, 0) is 11.3 Å². The monoisotopic (exact) mass is 342 g/mol. The van der Waals surface area contributed by atoms with Crippen molar-refractivity contribution in [3.63, 3.8) is 0 Å². The van der Waals surface area contributed by atoms with Gasteiger partial charge >= 0.3 is 12.0 Å². The topological polar surface area (TPSA) is 76.7 Å². The lowest BCUT2D eigenvalue weighted by Crippen LogP contribution is -2.36. The van der Waals surface area contributed by atoms with Crippen LogP contribution in [0.3, 0.4) is 0 Å². The van der Waals surface area contributed by atoms with Crippen molar-refractivity contribution in [1.82, 2.24) is 10.6 Å². The Morgan fingerprint density at radius 2 is 1.80 bits per heavy atom. The molecule has 0 radical (unpaired) electrons. The second-order valence-corrected chi connectivity index (χ2v) is 5.49. The maximum Gasteiger partial charge on any atom is 0.341 e. The Bertz CT molecular complexity index is 731. The number of rotatable bonds is 6. The lowest BCUT2D eigenvalue weighted by molar-refractivity contribution is 0.0597. The number of amides is 2. The smallest absolute Gasteiger partial charge is 0.341 e. The molecule has 0 fully saturated rings. The summed E-state index contributed by atoms with van der Waals surface area (Å²) in [5.74, 6) is -0.0568. The molecule has 132 valence electrons. The molecule has 2 N–H and O–H groups in total. The number of benzene rings is 2. The van der Waals surface area contributed by atoms with Gasteiger partial charge in [-0.05, 0) is 30.2 Å². The molecule has 2 aromatic carbocycles. The Kier molecular flexibility index (Phi) is 6.39. The third kappa shape index (κ3) is 4.97. The highest BCUT2D eigenvalue weighted by molar-refractivity contribution is 5.92. The van der Waals surface area contributed by atoms with Gasteiger partial charge in [0.15, 0.2) is 0 Å². The molecular weight excluding hydrogens is 320 g/mol. The zero-order valence-corrected chi connectivity index (χ0v) is 14.5. The van der Waals surface area contributed by atoms with Crippen molar-refractivity contribution < 1.29 is 19.1 Å². The third-order valence-electron chi connectivity index (χ3n) is 3.77. The first-order valence-corrected chi connectivity index (χ1v) is 7.89. The molecule has 1 atom stereocenters. The third-order valence-corrected chi connectivity index (χ3v) is 3.77. The van der Waals surface area contributed by atoms with Crippen LogP contribution in [-0.4, -0.2) is 26.2 Å². The summed E-state index contributed by atoms with van der Waals surface area (Å²) in [4.78, 5) is 23.8. The fourth-order valence-electron chi connectivity index (χ4n) is 2.39. The van der Waals surface area contributed by atoms with Gasteiger partial charge in [-0.1, -0.05) is 36.4 Å². The van der Waals surface area contributed by atoms with E-state index in [2.05, 4.69) is 10.6 Å². The van der Waals surface area contributed by atoms with E-state index in [9.17, 15) is 9.59 Å². The van der Waals surface area contributed by atoms with Gasteiger partial charge in [0.1, 0.15) is 11.3 Å². The van der Waals surface area contributed by atoms with Gasteiger partial charge in [0, 0.05) is 6.54 Å². The van der Waals surface area contributed by atoms with E-state index < -0.39 is 5.97 Å². The van der Waals surface area contributed by atoms with Crippen LogP contribution in [0.25, 0.3) is 0 Å². The molecule has 0 saturated heterocycles. The first-order chi connectivity index (χ1) is 12.0. The molecule has 0 aliphatic rings. The van der Waals surface area contributed by atoms with Gasteiger partial charge in [-0.2, -0.15) is 0 Å². The van der Waals surface area contributed by atoms with E-state index in [0.29, 0.717) is 11.3 Å². The summed E-state index contributed by atoms with van der Waals surface area (Å²) in [6, 6.07) is 14.4. The van der Waals surface area contributed by atoms with Crippen LogP contribution in [0, 0.1) is 0 Å². The standard InChI is InChI=1S/C19H22N2O4/c1-13(15-7-5-4-6-8-15)21-19(23)20-12-14-9-10-17(24-2)16(11-14)18(22)25-3/h4-11,13H,12H2,1-3H3,(H2,20,21,23)/t13-/m1/s1. The molecule has 0 aliphatic heterocycles. The van der Waals surface area contributed by atoms with Crippen molar-refractivity contribution in [2.45, 2.75) is 19.5 Å². The number of ether oxygens (including phenoxy) is 2. The molecule has 0 saturated carbocycles. The zero-order chi connectivity index (χ0) is 18.2. The summed E-state index contributed by atoms with van der Waals surface area (Å²) in [6.07, 6.45) is 0. The molecule has 2 aromatic rings. The van der Waals surface area contributed by atoms with E-state index in [0.717, 1.165) is 11.1 Å². The van der Waals surface area contributed by atoms with Crippen LogP contribution in [0.1, 0.15) is 34.5 Å². The van der Waals surface area contributed by atoms with Crippen molar-refractivity contribution in [2.75, 3.05) is 14.2 Å². The summed E-state index contributed by atoms with van der Waals surface area (Å²) in [6.45, 7) is 2.19. The summed E-state index contributed by atoms with van der Waals surface area (Å²) in [5, 5.41) is 5.65. The first-order valence-electron chi connectivity index (χ1n) is 7.89. The molecule has 0 unspecified atom stereocenters. The second-order valence-electron chi connectivity index (χ2n) is 5.49. The van der Waals surface area contributed by atoms with Gasteiger partial charge in [0.05, 0.1) is 20.3 Å². The summed E-state index contributed by atoms with van der Waals surface area (Å²) in [5.41, 5.74) is 2.11. The highest BCUT2D eigenvalue weighted by atomic mass is 16.5. The Morgan fingerprint density at radius 1 is 1.08 bits per heavy atom. The quantitative estimate of drug-likeness (QED) is 0.791. The summed E-state index contributed by atoms with van der Waals surface area (Å²) < 4.78 is 9.89. The van der Waals surface area contributed by atoms with E-state index >= 15 is 0 Å². The Labute approximate surface area is 147 Å². The number of methoxy groups -OCH3 is 2. The molecule has 0 aliphatic carbocycles. The van der Waals surface area contributed by atoms with Crippen molar-refractivity contribution >= 4 is 12.0 Å². The number of esters is 1. The lowest BCUT2D eigenvalue weighted by Gasteiger charge is -2.15. The van der Waals surface area contributed by atoms with Crippen molar-refractivity contribution in [3.8, 4) is 5.75 Å². The average Bonchev–Trinajstić information content (AvgIpc) is 2.66. The van der Waals surface area contributed by atoms with Gasteiger partial charge in [0.2, 0.25) is 0 Å². The van der Waals surface area contributed by atoms with Crippen LogP contribution in [0.15, 0.2) is 48.5 Å². The van der Waals surface area contributed by atoms with Crippen LogP contribution in [0.2, 0.25) is 0 Å². The van der Waals surface area contributed by atoms with Gasteiger partial charge in [-0.25, -0.2) is 9.59 Å². The minimum Gasteiger partial charge on any atom is -0.496 e. The minimum atomic E-state index is -0.485. The van der Waals surface area contributed by atoms with Crippen LogP contribution >= 0.6 is 0 Å². The summed E-state index contributed by atoms with van der Waals surface area (Å²) in [7, 11) is 2.79. The fraction of sp³-hybridized carbons (Fsp3) is 0.263. The number of carbonyl (C=O) groups excluding carboxylic acids is 2. The predicted molar refractivity (Wildman–Crippen MR) is 94.6 cm³/mol. The molecule has 0 heterocycles. The van der Waals surface area contributed by atoms with E-state index in [-0.39, 0.29) is 18.6 Å². The number of hydrogen-bond acceptors (Lipinski definition) is 4. The normalized spacial score (nSPS) is 11.3. The maximum absolute atomic E-state index is 12.1. The van der Waals surface area contributed by atoms with Gasteiger partial charge in [0.25, 0.3) is 0 Å². The molecule has 25 heavy (non-hydrogen) atoms. The van der Waals surface area contributed by atoms with Crippen molar-refractivity contribution in [2.24, 2.45) is 0 Å². The van der Waals surface area contributed by atoms with Gasteiger partial charge in [-0.15, -0.1) is 0 Å². The Morgan fingerprint density at radius 3 is 2.44 bits per heavy atom. The zero-order valence-electron chi connectivity index (χ0n) is 14.5. The SMILES string of the molecule is COC(=O)c1cc(CNC(=O)N[C@H](C)c2ccccc2)ccc1OC. The van der Waals surface area contributed by atoms with Crippen LogP contribution < -0.4 is 15.4 Å². The molecule has 0 spiro atoms. The predicted octanol–water partition coefficient (Wildman–Crippen LogP) is 3.04. The first kappa shape index (κ1) is 18.3. The fourth-order valence-corrected chi connectivity index (χ4v) is 2.39. The summed E-state index contributed by atoms with van der Waals surface area (Å²) >= 11 is 0. The Hall–Kier alpha value is -3.02. The molecule has 2 amide bonds. The molecule has 6 heteroatoms.